The van der Waals surface area contributed by atoms with Gasteiger partial charge in [0.25, 0.3) is 0 Å². The van der Waals surface area contributed by atoms with Crippen LogP contribution >= 0.6 is 22.6 Å². The highest BCUT2D eigenvalue weighted by molar-refractivity contribution is 14.1. The van der Waals surface area contributed by atoms with Crippen LogP contribution in [-0.4, -0.2) is 22.4 Å². The Kier molecular flexibility index (Phi) is 3.28. The molecule has 0 aliphatic carbocycles. The molecule has 1 aromatic rings. The van der Waals surface area contributed by atoms with Gasteiger partial charge in [-0.1, -0.05) is 0 Å². The van der Waals surface area contributed by atoms with E-state index in [-0.39, 0.29) is 5.97 Å². The maximum Gasteiger partial charge on any atom is 0.342 e. The summed E-state index contributed by atoms with van der Waals surface area (Å²) in [6.07, 6.45) is 3.21. The molecule has 1 aliphatic rings. The first kappa shape index (κ1) is 10.9. The van der Waals surface area contributed by atoms with E-state index in [9.17, 15) is 4.79 Å². The van der Waals surface area contributed by atoms with Crippen LogP contribution in [-0.2, 0) is 17.7 Å². The Hall–Kier alpha value is -0.590. The highest BCUT2D eigenvalue weighted by atomic mass is 127. The molecule has 0 saturated carbocycles. The van der Waals surface area contributed by atoms with Crippen molar-refractivity contribution in [1.82, 2.24) is 9.78 Å². The standard InChI is InChI=1S/C10H13IN2O2/c1-2-15-10(14)8-7-5-3-4-6-13(7)12-9(8)11/h2-6H2,1H3. The Morgan fingerprint density at radius 3 is 3.13 bits per heavy atom. The number of aromatic nitrogens is 2. The highest BCUT2D eigenvalue weighted by Gasteiger charge is 2.24. The first-order chi connectivity index (χ1) is 7.24. The number of halogens is 1. The predicted molar refractivity (Wildman–Crippen MR) is 63.8 cm³/mol. The zero-order valence-corrected chi connectivity index (χ0v) is 10.8. The quantitative estimate of drug-likeness (QED) is 0.618. The highest BCUT2D eigenvalue weighted by Crippen LogP contribution is 2.23. The van der Waals surface area contributed by atoms with Crippen molar-refractivity contribution in [3.63, 3.8) is 0 Å². The van der Waals surface area contributed by atoms with Crippen LogP contribution in [0.2, 0.25) is 0 Å². The summed E-state index contributed by atoms with van der Waals surface area (Å²) in [4.78, 5) is 11.7. The predicted octanol–water partition coefficient (Wildman–Crippen LogP) is 2.00. The molecule has 0 saturated heterocycles. The van der Waals surface area contributed by atoms with Crippen molar-refractivity contribution in [2.24, 2.45) is 0 Å². The molecular formula is C10H13IN2O2. The largest absolute Gasteiger partial charge is 0.462 e. The summed E-state index contributed by atoms with van der Waals surface area (Å²) in [7, 11) is 0. The molecule has 4 nitrogen and oxygen atoms in total. The normalized spacial score (nSPS) is 14.8. The number of fused-ring (bicyclic) bond motifs is 1. The Labute approximate surface area is 102 Å². The number of nitrogens with zero attached hydrogens (tertiary/aromatic N) is 2. The number of esters is 1. The van der Waals surface area contributed by atoms with Gasteiger partial charge in [-0.15, -0.1) is 0 Å². The second-order valence-corrected chi connectivity index (χ2v) is 4.54. The van der Waals surface area contributed by atoms with Gasteiger partial charge in [-0.3, -0.25) is 4.68 Å². The smallest absolute Gasteiger partial charge is 0.342 e. The molecule has 15 heavy (non-hydrogen) atoms. The van der Waals surface area contributed by atoms with E-state index in [1.807, 2.05) is 11.6 Å². The number of hydrogen-bond donors (Lipinski definition) is 0. The average molecular weight is 320 g/mol. The van der Waals surface area contributed by atoms with Crippen molar-refractivity contribution >= 4 is 28.6 Å². The number of hydrogen-bond acceptors (Lipinski definition) is 3. The molecular weight excluding hydrogens is 307 g/mol. The van der Waals surface area contributed by atoms with E-state index >= 15 is 0 Å². The van der Waals surface area contributed by atoms with Crippen LogP contribution < -0.4 is 0 Å². The van der Waals surface area contributed by atoms with Crippen LogP contribution in [0.3, 0.4) is 0 Å². The Morgan fingerprint density at radius 1 is 1.60 bits per heavy atom. The number of aryl methyl sites for hydroxylation is 1. The van der Waals surface area contributed by atoms with Crippen LogP contribution in [0.4, 0.5) is 0 Å². The van der Waals surface area contributed by atoms with E-state index in [1.54, 1.807) is 0 Å². The lowest BCUT2D eigenvalue weighted by molar-refractivity contribution is 0.0523. The summed E-state index contributed by atoms with van der Waals surface area (Å²) in [6.45, 7) is 3.16. The van der Waals surface area contributed by atoms with Gasteiger partial charge in [0.15, 0.2) is 0 Å². The topological polar surface area (TPSA) is 44.1 Å². The summed E-state index contributed by atoms with van der Waals surface area (Å²) in [6, 6.07) is 0. The van der Waals surface area contributed by atoms with E-state index in [2.05, 4.69) is 27.7 Å². The molecule has 0 N–H and O–H groups in total. The minimum atomic E-state index is -0.231. The molecule has 0 aromatic carbocycles. The van der Waals surface area contributed by atoms with Gasteiger partial charge >= 0.3 is 5.97 Å². The fourth-order valence-corrected chi connectivity index (χ4v) is 2.65. The molecule has 1 aliphatic heterocycles. The van der Waals surface area contributed by atoms with Gasteiger partial charge < -0.3 is 4.74 Å². The number of carbonyl (C=O) groups is 1. The third-order valence-electron chi connectivity index (χ3n) is 2.53. The van der Waals surface area contributed by atoms with E-state index in [0.717, 1.165) is 35.2 Å². The van der Waals surface area contributed by atoms with Gasteiger partial charge in [-0.2, -0.15) is 5.10 Å². The molecule has 0 fully saturated rings. The van der Waals surface area contributed by atoms with Gasteiger partial charge in [-0.05, 0) is 48.8 Å². The van der Waals surface area contributed by atoms with Crippen molar-refractivity contribution in [2.75, 3.05) is 6.61 Å². The molecule has 0 atom stereocenters. The maximum absolute atomic E-state index is 11.7. The molecule has 0 spiro atoms. The van der Waals surface area contributed by atoms with Gasteiger partial charge in [0.1, 0.15) is 9.26 Å². The molecule has 0 unspecified atom stereocenters. The fraction of sp³-hybridized carbons (Fsp3) is 0.600. The average Bonchev–Trinajstić information content (AvgIpc) is 2.54. The van der Waals surface area contributed by atoms with Crippen LogP contribution in [0.25, 0.3) is 0 Å². The van der Waals surface area contributed by atoms with E-state index in [4.69, 9.17) is 4.74 Å². The lowest BCUT2D eigenvalue weighted by Gasteiger charge is -2.13. The van der Waals surface area contributed by atoms with Crippen molar-refractivity contribution in [2.45, 2.75) is 32.7 Å². The summed E-state index contributed by atoms with van der Waals surface area (Å²) in [5, 5.41) is 4.36. The number of ether oxygens (including phenoxy) is 1. The van der Waals surface area contributed by atoms with Crippen LogP contribution in [0.5, 0.6) is 0 Å². The minimum Gasteiger partial charge on any atom is -0.462 e. The van der Waals surface area contributed by atoms with Gasteiger partial charge in [0.2, 0.25) is 0 Å². The maximum atomic E-state index is 11.7. The zero-order chi connectivity index (χ0) is 10.8. The summed E-state index contributed by atoms with van der Waals surface area (Å²) in [5.41, 5.74) is 1.72. The number of carbonyl (C=O) groups excluding carboxylic acids is 1. The summed E-state index contributed by atoms with van der Waals surface area (Å²) in [5.74, 6) is -0.231. The van der Waals surface area contributed by atoms with Crippen LogP contribution in [0, 0.1) is 3.70 Å². The Morgan fingerprint density at radius 2 is 2.40 bits per heavy atom. The van der Waals surface area contributed by atoms with Crippen molar-refractivity contribution in [3.8, 4) is 0 Å². The SMILES string of the molecule is CCOC(=O)c1c(I)nn2c1CCCC2. The lowest BCUT2D eigenvalue weighted by atomic mass is 10.1. The van der Waals surface area contributed by atoms with Crippen LogP contribution in [0.15, 0.2) is 0 Å². The van der Waals surface area contributed by atoms with Gasteiger partial charge in [0.05, 0.1) is 12.3 Å². The molecule has 0 radical (unpaired) electrons. The van der Waals surface area contributed by atoms with Gasteiger partial charge in [0, 0.05) is 6.54 Å². The second-order valence-electron chi connectivity index (χ2n) is 3.51. The summed E-state index contributed by atoms with van der Waals surface area (Å²) < 4.78 is 7.74. The minimum absolute atomic E-state index is 0.231. The molecule has 1 aromatic heterocycles. The molecule has 0 bridgehead atoms. The van der Waals surface area contributed by atoms with Crippen molar-refractivity contribution in [3.05, 3.63) is 15.0 Å². The lowest BCUT2D eigenvalue weighted by Crippen LogP contribution is -2.14. The first-order valence-electron chi connectivity index (χ1n) is 5.16. The van der Waals surface area contributed by atoms with Gasteiger partial charge in [-0.25, -0.2) is 4.79 Å². The Balaban J connectivity index is 2.37. The second kappa shape index (κ2) is 4.51. The fourth-order valence-electron chi connectivity index (χ4n) is 1.86. The van der Waals surface area contributed by atoms with Crippen LogP contribution in [0.1, 0.15) is 35.8 Å². The molecule has 2 rings (SSSR count). The molecule has 5 heteroatoms. The number of rotatable bonds is 2. The van der Waals surface area contributed by atoms with Crippen molar-refractivity contribution < 1.29 is 9.53 Å². The summed E-state index contributed by atoms with van der Waals surface area (Å²) >= 11 is 2.10. The zero-order valence-electron chi connectivity index (χ0n) is 8.62. The first-order valence-corrected chi connectivity index (χ1v) is 6.24. The van der Waals surface area contributed by atoms with E-state index in [0.29, 0.717) is 12.2 Å². The monoisotopic (exact) mass is 320 g/mol. The third kappa shape index (κ3) is 2.02. The Bertz CT molecular complexity index is 387. The molecule has 0 amide bonds. The van der Waals surface area contributed by atoms with E-state index < -0.39 is 0 Å². The molecule has 82 valence electrons. The van der Waals surface area contributed by atoms with Crippen molar-refractivity contribution in [1.29, 1.82) is 0 Å². The third-order valence-corrected chi connectivity index (χ3v) is 3.28. The van der Waals surface area contributed by atoms with E-state index in [1.165, 1.54) is 0 Å². The molecule has 2 heterocycles.